The fraction of sp³-hybridized carbons (Fsp3) is 0.231. The minimum absolute atomic E-state index is 0.0129. The molecule has 0 radical (unpaired) electrons. The highest BCUT2D eigenvalue weighted by Crippen LogP contribution is 2.19. The van der Waals surface area contributed by atoms with Crippen molar-refractivity contribution in [2.75, 3.05) is 11.9 Å². The summed E-state index contributed by atoms with van der Waals surface area (Å²) in [5.74, 6) is -1.73. The van der Waals surface area contributed by atoms with Crippen LogP contribution in [-0.2, 0) is 6.54 Å². The van der Waals surface area contributed by atoms with E-state index in [0.717, 1.165) is 5.56 Å². The Kier molecular flexibility index (Phi) is 3.79. The first kappa shape index (κ1) is 13.1. The molecule has 100 valence electrons. The van der Waals surface area contributed by atoms with Crippen molar-refractivity contribution in [3.63, 3.8) is 0 Å². The lowest BCUT2D eigenvalue weighted by atomic mass is 10.1. The van der Waals surface area contributed by atoms with Gasteiger partial charge in [-0.1, -0.05) is 6.07 Å². The molecule has 0 spiro atoms. The van der Waals surface area contributed by atoms with Crippen molar-refractivity contribution in [3.05, 3.63) is 47.5 Å². The second kappa shape index (κ2) is 5.51. The highest BCUT2D eigenvalue weighted by atomic mass is 19.1. The number of nitrogens with one attached hydrogen (secondary N) is 1. The molecule has 0 aliphatic rings. The standard InChI is InChI=1S/C13H14FN3O2/c1-9-7-16-17(8-9)6-5-15-12-10(13(18)19)3-2-4-11(12)14/h2-4,7-8,15H,5-6H2,1H3,(H,18,19). The molecule has 0 amide bonds. The van der Waals surface area contributed by atoms with Gasteiger partial charge in [0.05, 0.1) is 24.0 Å². The monoisotopic (exact) mass is 263 g/mol. The van der Waals surface area contributed by atoms with Crippen LogP contribution in [0, 0.1) is 12.7 Å². The Morgan fingerprint density at radius 3 is 2.95 bits per heavy atom. The van der Waals surface area contributed by atoms with Crippen LogP contribution < -0.4 is 5.32 Å². The predicted molar refractivity (Wildman–Crippen MR) is 68.8 cm³/mol. The molecule has 0 saturated carbocycles. The lowest BCUT2D eigenvalue weighted by Crippen LogP contribution is -2.14. The normalized spacial score (nSPS) is 10.4. The van der Waals surface area contributed by atoms with E-state index in [0.29, 0.717) is 13.1 Å². The van der Waals surface area contributed by atoms with Crippen molar-refractivity contribution < 1.29 is 14.3 Å². The van der Waals surface area contributed by atoms with Gasteiger partial charge < -0.3 is 10.4 Å². The SMILES string of the molecule is Cc1cnn(CCNc2c(F)cccc2C(=O)O)c1. The zero-order valence-corrected chi connectivity index (χ0v) is 10.4. The topological polar surface area (TPSA) is 67.2 Å². The molecule has 0 bridgehead atoms. The van der Waals surface area contributed by atoms with Gasteiger partial charge in [-0.3, -0.25) is 4.68 Å². The molecule has 2 aromatic rings. The fourth-order valence-electron chi connectivity index (χ4n) is 1.77. The summed E-state index contributed by atoms with van der Waals surface area (Å²) in [6.07, 6.45) is 3.59. The maximum absolute atomic E-state index is 13.6. The van der Waals surface area contributed by atoms with Crippen LogP contribution in [0.3, 0.4) is 0 Å². The minimum atomic E-state index is -1.16. The van der Waals surface area contributed by atoms with Gasteiger partial charge in [0.15, 0.2) is 0 Å². The summed E-state index contributed by atoms with van der Waals surface area (Å²) < 4.78 is 15.3. The molecule has 2 N–H and O–H groups in total. The van der Waals surface area contributed by atoms with Crippen LogP contribution in [0.5, 0.6) is 0 Å². The van der Waals surface area contributed by atoms with Crippen molar-refractivity contribution in [1.29, 1.82) is 0 Å². The maximum atomic E-state index is 13.6. The van der Waals surface area contributed by atoms with Crippen LogP contribution >= 0.6 is 0 Å². The van der Waals surface area contributed by atoms with Crippen LogP contribution in [-0.4, -0.2) is 27.4 Å². The molecular weight excluding hydrogens is 249 g/mol. The number of nitrogens with zero attached hydrogens (tertiary/aromatic N) is 2. The Bertz CT molecular complexity index is 595. The van der Waals surface area contributed by atoms with Crippen LogP contribution in [0.1, 0.15) is 15.9 Å². The maximum Gasteiger partial charge on any atom is 0.337 e. The van der Waals surface area contributed by atoms with Gasteiger partial charge in [0.25, 0.3) is 0 Å². The van der Waals surface area contributed by atoms with Crippen molar-refractivity contribution in [3.8, 4) is 0 Å². The van der Waals surface area contributed by atoms with Crippen LogP contribution in [0.25, 0.3) is 0 Å². The van der Waals surface area contributed by atoms with Gasteiger partial charge in [-0.25, -0.2) is 9.18 Å². The van der Waals surface area contributed by atoms with Crippen molar-refractivity contribution in [2.24, 2.45) is 0 Å². The smallest absolute Gasteiger partial charge is 0.337 e. The second-order valence-corrected chi connectivity index (χ2v) is 4.18. The van der Waals surface area contributed by atoms with Gasteiger partial charge >= 0.3 is 5.97 Å². The van der Waals surface area contributed by atoms with Crippen LogP contribution in [0.4, 0.5) is 10.1 Å². The molecule has 19 heavy (non-hydrogen) atoms. The van der Waals surface area contributed by atoms with E-state index in [-0.39, 0.29) is 11.3 Å². The molecule has 0 aliphatic carbocycles. The van der Waals surface area contributed by atoms with E-state index >= 15 is 0 Å². The number of hydrogen-bond donors (Lipinski definition) is 2. The number of benzene rings is 1. The Morgan fingerprint density at radius 1 is 1.53 bits per heavy atom. The highest BCUT2D eigenvalue weighted by molar-refractivity contribution is 5.94. The molecule has 5 nitrogen and oxygen atoms in total. The number of para-hydroxylation sites is 1. The number of aromatic carboxylic acids is 1. The van der Waals surface area contributed by atoms with Gasteiger partial charge in [0, 0.05) is 12.7 Å². The number of rotatable bonds is 5. The van der Waals surface area contributed by atoms with Crippen molar-refractivity contribution in [1.82, 2.24) is 9.78 Å². The first-order valence-corrected chi connectivity index (χ1v) is 5.82. The van der Waals surface area contributed by atoms with Crippen molar-refractivity contribution >= 4 is 11.7 Å². The molecule has 0 saturated heterocycles. The van der Waals surface area contributed by atoms with Gasteiger partial charge in [-0.2, -0.15) is 5.10 Å². The fourth-order valence-corrected chi connectivity index (χ4v) is 1.77. The zero-order chi connectivity index (χ0) is 13.8. The number of aryl methyl sites for hydroxylation is 1. The molecule has 0 fully saturated rings. The van der Waals surface area contributed by atoms with E-state index in [9.17, 15) is 9.18 Å². The third-order valence-electron chi connectivity index (χ3n) is 2.65. The quantitative estimate of drug-likeness (QED) is 0.867. The molecular formula is C13H14FN3O2. The second-order valence-electron chi connectivity index (χ2n) is 4.18. The number of carboxylic acids is 1. The number of carboxylic acid groups (broad SMARTS) is 1. The van der Waals surface area contributed by atoms with Gasteiger partial charge in [-0.15, -0.1) is 0 Å². The molecule has 0 atom stereocenters. The summed E-state index contributed by atoms with van der Waals surface area (Å²) in [4.78, 5) is 11.0. The van der Waals surface area contributed by atoms with E-state index in [1.54, 1.807) is 10.9 Å². The third-order valence-corrected chi connectivity index (χ3v) is 2.65. The van der Waals surface area contributed by atoms with Crippen LogP contribution in [0.15, 0.2) is 30.6 Å². The number of carbonyl (C=O) groups is 1. The Balaban J connectivity index is 2.05. The van der Waals surface area contributed by atoms with Crippen LogP contribution in [0.2, 0.25) is 0 Å². The first-order valence-electron chi connectivity index (χ1n) is 5.82. The Hall–Kier alpha value is -2.37. The molecule has 0 aliphatic heterocycles. The zero-order valence-electron chi connectivity index (χ0n) is 10.4. The van der Waals surface area contributed by atoms with E-state index in [2.05, 4.69) is 10.4 Å². The van der Waals surface area contributed by atoms with Gasteiger partial charge in [-0.05, 0) is 24.6 Å². The molecule has 1 heterocycles. The lowest BCUT2D eigenvalue weighted by Gasteiger charge is -2.10. The molecule has 0 unspecified atom stereocenters. The summed E-state index contributed by atoms with van der Waals surface area (Å²) in [7, 11) is 0. The number of halogens is 1. The Morgan fingerprint density at radius 2 is 2.32 bits per heavy atom. The lowest BCUT2D eigenvalue weighted by molar-refractivity contribution is 0.0697. The average molecular weight is 263 g/mol. The van der Waals surface area contributed by atoms with E-state index in [1.165, 1.54) is 18.2 Å². The molecule has 6 heteroatoms. The minimum Gasteiger partial charge on any atom is -0.478 e. The van der Waals surface area contributed by atoms with E-state index in [4.69, 9.17) is 5.11 Å². The predicted octanol–water partition coefficient (Wildman–Crippen LogP) is 2.14. The first-order chi connectivity index (χ1) is 9.08. The summed E-state index contributed by atoms with van der Waals surface area (Å²) in [6, 6.07) is 3.97. The third kappa shape index (κ3) is 3.09. The number of aromatic nitrogens is 2. The molecule has 1 aromatic heterocycles. The van der Waals surface area contributed by atoms with Crippen molar-refractivity contribution in [2.45, 2.75) is 13.5 Å². The molecule has 2 rings (SSSR count). The summed E-state index contributed by atoms with van der Waals surface area (Å²) in [6.45, 7) is 2.85. The molecule has 1 aromatic carbocycles. The summed E-state index contributed by atoms with van der Waals surface area (Å²) in [5, 5.41) is 15.9. The van der Waals surface area contributed by atoms with E-state index < -0.39 is 11.8 Å². The van der Waals surface area contributed by atoms with Gasteiger partial charge in [0.2, 0.25) is 0 Å². The highest BCUT2D eigenvalue weighted by Gasteiger charge is 2.13. The number of anilines is 1. The number of hydrogen-bond acceptors (Lipinski definition) is 3. The van der Waals surface area contributed by atoms with E-state index in [1.807, 2.05) is 13.1 Å². The largest absolute Gasteiger partial charge is 0.478 e. The Labute approximate surface area is 109 Å². The van der Waals surface area contributed by atoms with Gasteiger partial charge in [0.1, 0.15) is 5.82 Å². The summed E-state index contributed by atoms with van der Waals surface area (Å²) >= 11 is 0. The summed E-state index contributed by atoms with van der Waals surface area (Å²) in [5.41, 5.74) is 0.979. The average Bonchev–Trinajstić information content (AvgIpc) is 2.77.